The van der Waals surface area contributed by atoms with Gasteiger partial charge in [-0.2, -0.15) is 0 Å². The zero-order valence-electron chi connectivity index (χ0n) is 9.43. The summed E-state index contributed by atoms with van der Waals surface area (Å²) in [5.74, 6) is -0.300. The molecule has 0 bridgehead atoms. The van der Waals surface area contributed by atoms with Gasteiger partial charge in [0, 0.05) is 13.1 Å². The van der Waals surface area contributed by atoms with E-state index >= 15 is 0 Å². The normalized spacial score (nSPS) is 11.2. The van der Waals surface area contributed by atoms with Crippen LogP contribution in [0.3, 0.4) is 0 Å². The summed E-state index contributed by atoms with van der Waals surface area (Å²) in [6, 6.07) is 2.66. The van der Waals surface area contributed by atoms with Gasteiger partial charge in [-0.05, 0) is 19.1 Å². The first-order valence-corrected chi connectivity index (χ1v) is 4.96. The maximum atomic E-state index is 11.3. The van der Waals surface area contributed by atoms with Crippen LogP contribution in [0.15, 0.2) is 22.8 Å². The number of hydrogen-bond donors (Lipinski definition) is 3. The molecule has 0 fully saturated rings. The van der Waals surface area contributed by atoms with Crippen molar-refractivity contribution in [1.82, 2.24) is 10.6 Å². The maximum absolute atomic E-state index is 11.3. The molecule has 0 unspecified atom stereocenters. The predicted molar refractivity (Wildman–Crippen MR) is 64.9 cm³/mol. The fraction of sp³-hybridized carbons (Fsp3) is 0.400. The van der Waals surface area contributed by atoms with Crippen LogP contribution < -0.4 is 16.4 Å². The maximum Gasteiger partial charge on any atom is 0.287 e. The van der Waals surface area contributed by atoms with E-state index in [2.05, 4.69) is 10.6 Å². The molecule has 7 heteroatoms. The molecule has 1 heterocycles. The minimum atomic E-state index is -0.541. The minimum Gasteiger partial charge on any atom is -0.459 e. The van der Waals surface area contributed by atoms with Gasteiger partial charge in [0.1, 0.15) is 0 Å². The second kappa shape index (κ2) is 7.70. The standard InChI is InChI=1S/C10H15N3O3.ClH/c1-7(11)9(14)12-4-5-13-10(15)8-3-2-6-16-8;/h2-3,6-7H,4-5,11H2,1H3,(H,12,14)(H,13,15);1H/t7-;/m1./s1. The molecule has 1 atom stereocenters. The highest BCUT2D eigenvalue weighted by Gasteiger charge is 2.08. The van der Waals surface area contributed by atoms with Crippen molar-refractivity contribution in [3.05, 3.63) is 24.2 Å². The van der Waals surface area contributed by atoms with Gasteiger partial charge in [0.2, 0.25) is 5.91 Å². The number of carbonyl (C=O) groups excluding carboxylic acids is 2. The van der Waals surface area contributed by atoms with Crippen LogP contribution in [-0.2, 0) is 4.79 Å². The zero-order valence-corrected chi connectivity index (χ0v) is 10.3. The molecule has 2 amide bonds. The SMILES string of the molecule is C[C@@H](N)C(=O)NCCNC(=O)c1ccco1.Cl. The van der Waals surface area contributed by atoms with Crippen LogP contribution in [0.5, 0.6) is 0 Å². The molecule has 96 valence electrons. The quantitative estimate of drug-likeness (QED) is 0.645. The van der Waals surface area contributed by atoms with E-state index < -0.39 is 6.04 Å². The molecule has 0 aliphatic heterocycles. The van der Waals surface area contributed by atoms with Gasteiger partial charge < -0.3 is 20.8 Å². The molecule has 0 saturated carbocycles. The smallest absolute Gasteiger partial charge is 0.287 e. The number of halogens is 1. The van der Waals surface area contributed by atoms with Crippen molar-refractivity contribution in [2.45, 2.75) is 13.0 Å². The van der Waals surface area contributed by atoms with E-state index in [-0.39, 0.29) is 30.0 Å². The van der Waals surface area contributed by atoms with Gasteiger partial charge in [-0.25, -0.2) is 0 Å². The molecule has 1 aromatic heterocycles. The summed E-state index contributed by atoms with van der Waals surface area (Å²) in [6.07, 6.45) is 1.42. The van der Waals surface area contributed by atoms with E-state index in [1.807, 2.05) is 0 Å². The van der Waals surface area contributed by atoms with Crippen molar-refractivity contribution in [3.63, 3.8) is 0 Å². The monoisotopic (exact) mass is 261 g/mol. The van der Waals surface area contributed by atoms with Gasteiger partial charge in [-0.1, -0.05) is 0 Å². The fourth-order valence-electron chi connectivity index (χ4n) is 1.02. The van der Waals surface area contributed by atoms with E-state index in [0.717, 1.165) is 0 Å². The van der Waals surface area contributed by atoms with Crippen molar-refractivity contribution in [1.29, 1.82) is 0 Å². The summed E-state index contributed by atoms with van der Waals surface area (Å²) < 4.78 is 4.89. The molecule has 0 aromatic carbocycles. The highest BCUT2D eigenvalue weighted by Crippen LogP contribution is 1.98. The Bertz CT molecular complexity index is 352. The highest BCUT2D eigenvalue weighted by atomic mass is 35.5. The van der Waals surface area contributed by atoms with Gasteiger partial charge in [0.15, 0.2) is 5.76 Å². The molecule has 4 N–H and O–H groups in total. The van der Waals surface area contributed by atoms with Crippen LogP contribution in [0.25, 0.3) is 0 Å². The second-order valence-corrected chi connectivity index (χ2v) is 3.31. The molecule has 0 aliphatic rings. The molecule has 1 aromatic rings. The average molecular weight is 262 g/mol. The number of furan rings is 1. The number of amides is 2. The highest BCUT2D eigenvalue weighted by molar-refractivity contribution is 5.91. The molecular formula is C10H16ClN3O3. The van der Waals surface area contributed by atoms with Crippen LogP contribution >= 0.6 is 12.4 Å². The van der Waals surface area contributed by atoms with E-state index in [4.69, 9.17) is 10.2 Å². The lowest BCUT2D eigenvalue weighted by Crippen LogP contribution is -2.41. The second-order valence-electron chi connectivity index (χ2n) is 3.31. The third kappa shape index (κ3) is 5.37. The van der Waals surface area contributed by atoms with Crippen molar-refractivity contribution < 1.29 is 14.0 Å². The Morgan fingerprint density at radius 2 is 2.06 bits per heavy atom. The predicted octanol–water partition coefficient (Wildman–Crippen LogP) is -0.105. The van der Waals surface area contributed by atoms with Crippen molar-refractivity contribution in [2.75, 3.05) is 13.1 Å². The van der Waals surface area contributed by atoms with Crippen LogP contribution in [0.2, 0.25) is 0 Å². The third-order valence-corrected chi connectivity index (χ3v) is 1.87. The van der Waals surface area contributed by atoms with Crippen molar-refractivity contribution in [2.24, 2.45) is 5.73 Å². The molecule has 0 aliphatic carbocycles. The van der Waals surface area contributed by atoms with Crippen LogP contribution in [0.1, 0.15) is 17.5 Å². The topological polar surface area (TPSA) is 97.4 Å². The summed E-state index contributed by atoms with van der Waals surface area (Å²) in [5.41, 5.74) is 5.34. The summed E-state index contributed by atoms with van der Waals surface area (Å²) in [6.45, 7) is 2.27. The van der Waals surface area contributed by atoms with E-state index in [9.17, 15) is 9.59 Å². The first-order valence-electron chi connectivity index (χ1n) is 4.96. The van der Waals surface area contributed by atoms with Gasteiger partial charge in [0.25, 0.3) is 5.91 Å². The summed E-state index contributed by atoms with van der Waals surface area (Å²) in [4.78, 5) is 22.4. The molecule has 0 spiro atoms. The van der Waals surface area contributed by atoms with E-state index in [0.29, 0.717) is 13.1 Å². The van der Waals surface area contributed by atoms with Crippen LogP contribution in [0, 0.1) is 0 Å². The Morgan fingerprint density at radius 1 is 1.41 bits per heavy atom. The Labute approximate surface area is 105 Å². The number of nitrogens with two attached hydrogens (primary N) is 1. The van der Waals surface area contributed by atoms with Crippen LogP contribution in [0.4, 0.5) is 0 Å². The van der Waals surface area contributed by atoms with Crippen molar-refractivity contribution >= 4 is 24.2 Å². The molecule has 17 heavy (non-hydrogen) atoms. The van der Waals surface area contributed by atoms with Crippen LogP contribution in [-0.4, -0.2) is 30.9 Å². The van der Waals surface area contributed by atoms with Crippen molar-refractivity contribution in [3.8, 4) is 0 Å². The van der Waals surface area contributed by atoms with Gasteiger partial charge in [-0.3, -0.25) is 9.59 Å². The lowest BCUT2D eigenvalue weighted by atomic mass is 10.3. The minimum absolute atomic E-state index is 0. The molecule has 0 radical (unpaired) electrons. The Balaban J connectivity index is 0.00000256. The first-order chi connectivity index (χ1) is 7.61. The number of rotatable bonds is 5. The number of nitrogens with one attached hydrogen (secondary N) is 2. The number of carbonyl (C=O) groups is 2. The first kappa shape index (κ1) is 15.5. The lowest BCUT2D eigenvalue weighted by molar-refractivity contribution is -0.121. The zero-order chi connectivity index (χ0) is 12.0. The Morgan fingerprint density at radius 3 is 2.59 bits per heavy atom. The summed E-state index contributed by atoms with van der Waals surface area (Å²) >= 11 is 0. The van der Waals surface area contributed by atoms with E-state index in [1.165, 1.54) is 6.26 Å². The van der Waals surface area contributed by atoms with Gasteiger partial charge in [-0.15, -0.1) is 12.4 Å². The van der Waals surface area contributed by atoms with Gasteiger partial charge >= 0.3 is 0 Å². The molecule has 6 nitrogen and oxygen atoms in total. The Hall–Kier alpha value is -1.53. The molecule has 0 saturated heterocycles. The lowest BCUT2D eigenvalue weighted by Gasteiger charge is -2.07. The third-order valence-electron chi connectivity index (χ3n) is 1.87. The molecule has 1 rings (SSSR count). The molecular weight excluding hydrogens is 246 g/mol. The van der Waals surface area contributed by atoms with E-state index in [1.54, 1.807) is 19.1 Å². The number of hydrogen-bond acceptors (Lipinski definition) is 4. The summed E-state index contributed by atoms with van der Waals surface area (Å²) in [5, 5.41) is 5.16. The van der Waals surface area contributed by atoms with Gasteiger partial charge in [0.05, 0.1) is 12.3 Å². The summed E-state index contributed by atoms with van der Waals surface area (Å²) in [7, 11) is 0. The average Bonchev–Trinajstić information content (AvgIpc) is 2.76. The fourth-order valence-corrected chi connectivity index (χ4v) is 1.02. The Kier molecular flexibility index (Phi) is 7.00. The largest absolute Gasteiger partial charge is 0.459 e.